The van der Waals surface area contributed by atoms with Crippen molar-refractivity contribution in [1.29, 1.82) is 0 Å². The van der Waals surface area contributed by atoms with Gasteiger partial charge in [-0.2, -0.15) is 5.10 Å². The largest absolute Gasteiger partial charge is 0.375 e. The van der Waals surface area contributed by atoms with Crippen molar-refractivity contribution in [2.75, 3.05) is 13.2 Å². The fourth-order valence-corrected chi connectivity index (χ4v) is 2.86. The summed E-state index contributed by atoms with van der Waals surface area (Å²) in [6.45, 7) is 5.36. The molecule has 1 fully saturated rings. The Kier molecular flexibility index (Phi) is 4.76. The summed E-state index contributed by atoms with van der Waals surface area (Å²) in [6.07, 6.45) is 5.18. The first-order valence-electron chi connectivity index (χ1n) is 8.13. The van der Waals surface area contributed by atoms with Gasteiger partial charge < -0.3 is 9.64 Å². The van der Waals surface area contributed by atoms with E-state index in [1.165, 1.54) is 0 Å². The summed E-state index contributed by atoms with van der Waals surface area (Å²) in [4.78, 5) is 14.4. The van der Waals surface area contributed by atoms with Gasteiger partial charge in [0, 0.05) is 19.2 Å². The highest BCUT2D eigenvalue weighted by Gasteiger charge is 2.27. The Morgan fingerprint density at radius 2 is 2.09 bits per heavy atom. The Bertz CT molecular complexity index is 653. The molecule has 5 nitrogen and oxygen atoms in total. The van der Waals surface area contributed by atoms with Crippen LogP contribution in [-0.2, 0) is 16.0 Å². The zero-order valence-electron chi connectivity index (χ0n) is 13.7. The zero-order valence-corrected chi connectivity index (χ0v) is 13.7. The van der Waals surface area contributed by atoms with Crippen molar-refractivity contribution in [3.8, 4) is 5.69 Å². The van der Waals surface area contributed by atoms with Gasteiger partial charge in [-0.1, -0.05) is 18.2 Å². The molecule has 1 saturated heterocycles. The van der Waals surface area contributed by atoms with Gasteiger partial charge in [-0.3, -0.25) is 4.79 Å². The number of benzene rings is 1. The number of amides is 1. The minimum Gasteiger partial charge on any atom is -0.375 e. The summed E-state index contributed by atoms with van der Waals surface area (Å²) < 4.78 is 7.42. The molecule has 3 rings (SSSR count). The highest BCUT2D eigenvalue weighted by atomic mass is 16.5. The molecule has 0 N–H and O–H groups in total. The standard InChI is InChI=1S/C18H23N3O2/c1-14-13-23-15(2)11-20(14)18(22)9-8-16-10-19-21(12-16)17-6-4-3-5-7-17/h3-7,10,12,14-15H,8-9,11,13H2,1-2H3. The molecule has 1 aliphatic rings. The van der Waals surface area contributed by atoms with Crippen molar-refractivity contribution in [2.45, 2.75) is 38.8 Å². The molecular weight excluding hydrogens is 290 g/mol. The van der Waals surface area contributed by atoms with E-state index < -0.39 is 0 Å². The Labute approximate surface area is 136 Å². The summed E-state index contributed by atoms with van der Waals surface area (Å²) in [7, 11) is 0. The van der Waals surface area contributed by atoms with Gasteiger partial charge in [-0.25, -0.2) is 4.68 Å². The number of nitrogens with zero attached hydrogens (tertiary/aromatic N) is 3. The van der Waals surface area contributed by atoms with E-state index in [-0.39, 0.29) is 18.1 Å². The van der Waals surface area contributed by atoms with E-state index >= 15 is 0 Å². The second-order valence-electron chi connectivity index (χ2n) is 6.17. The molecule has 2 unspecified atom stereocenters. The molecule has 0 bridgehead atoms. The van der Waals surface area contributed by atoms with Gasteiger partial charge in [0.15, 0.2) is 0 Å². The molecule has 23 heavy (non-hydrogen) atoms. The summed E-state index contributed by atoms with van der Waals surface area (Å²) >= 11 is 0. The quantitative estimate of drug-likeness (QED) is 0.871. The normalized spacial score (nSPS) is 21.4. The van der Waals surface area contributed by atoms with E-state index in [9.17, 15) is 4.79 Å². The number of carbonyl (C=O) groups excluding carboxylic acids is 1. The monoisotopic (exact) mass is 313 g/mol. The summed E-state index contributed by atoms with van der Waals surface area (Å²) in [5.74, 6) is 0.195. The lowest BCUT2D eigenvalue weighted by atomic mass is 10.1. The van der Waals surface area contributed by atoms with Crippen LogP contribution in [0.2, 0.25) is 0 Å². The highest BCUT2D eigenvalue weighted by molar-refractivity contribution is 5.77. The van der Waals surface area contributed by atoms with Gasteiger partial charge in [0.2, 0.25) is 5.91 Å². The van der Waals surface area contributed by atoms with E-state index in [4.69, 9.17) is 4.74 Å². The van der Waals surface area contributed by atoms with E-state index in [1.54, 1.807) is 0 Å². The molecule has 0 spiro atoms. The van der Waals surface area contributed by atoms with Gasteiger partial charge in [-0.05, 0) is 38.0 Å². The maximum absolute atomic E-state index is 12.4. The molecule has 1 amide bonds. The molecule has 2 heterocycles. The van der Waals surface area contributed by atoms with Crippen molar-refractivity contribution in [3.63, 3.8) is 0 Å². The third kappa shape index (κ3) is 3.79. The lowest BCUT2D eigenvalue weighted by molar-refractivity contribution is -0.143. The minimum atomic E-state index is 0.121. The maximum Gasteiger partial charge on any atom is 0.223 e. The first-order valence-corrected chi connectivity index (χ1v) is 8.13. The van der Waals surface area contributed by atoms with Crippen LogP contribution in [-0.4, -0.2) is 45.9 Å². The Morgan fingerprint density at radius 3 is 2.87 bits per heavy atom. The Balaban J connectivity index is 1.58. The van der Waals surface area contributed by atoms with Crippen LogP contribution in [0.1, 0.15) is 25.8 Å². The van der Waals surface area contributed by atoms with Crippen molar-refractivity contribution in [2.24, 2.45) is 0 Å². The van der Waals surface area contributed by atoms with Crippen LogP contribution < -0.4 is 0 Å². The number of aromatic nitrogens is 2. The van der Waals surface area contributed by atoms with Crippen molar-refractivity contribution < 1.29 is 9.53 Å². The predicted octanol–water partition coefficient (Wildman–Crippen LogP) is 2.44. The molecule has 0 saturated carbocycles. The van der Waals surface area contributed by atoms with Gasteiger partial charge in [0.1, 0.15) is 0 Å². The van der Waals surface area contributed by atoms with Gasteiger partial charge in [-0.15, -0.1) is 0 Å². The van der Waals surface area contributed by atoms with Gasteiger partial charge >= 0.3 is 0 Å². The number of morpholine rings is 1. The second-order valence-corrected chi connectivity index (χ2v) is 6.17. The fourth-order valence-electron chi connectivity index (χ4n) is 2.86. The van der Waals surface area contributed by atoms with Crippen molar-refractivity contribution >= 4 is 5.91 Å². The van der Waals surface area contributed by atoms with Crippen LogP contribution in [0.4, 0.5) is 0 Å². The van der Waals surface area contributed by atoms with Crippen molar-refractivity contribution in [3.05, 3.63) is 48.3 Å². The summed E-state index contributed by atoms with van der Waals surface area (Å²) in [6, 6.07) is 10.1. The van der Waals surface area contributed by atoms with Gasteiger partial charge in [0.25, 0.3) is 0 Å². The number of rotatable bonds is 4. The second kappa shape index (κ2) is 6.96. The van der Waals surface area contributed by atoms with E-state index in [1.807, 2.05) is 66.2 Å². The van der Waals surface area contributed by atoms with E-state index in [0.29, 0.717) is 26.0 Å². The topological polar surface area (TPSA) is 47.4 Å². The Hall–Kier alpha value is -2.14. The molecule has 1 aliphatic heterocycles. The zero-order chi connectivity index (χ0) is 16.2. The molecule has 1 aromatic carbocycles. The molecular formula is C18H23N3O2. The third-order valence-corrected chi connectivity index (χ3v) is 4.21. The summed E-state index contributed by atoms with van der Waals surface area (Å²) in [5, 5.41) is 4.38. The number of carbonyl (C=O) groups is 1. The molecule has 0 radical (unpaired) electrons. The molecule has 2 aromatic rings. The number of para-hydroxylation sites is 1. The lowest BCUT2D eigenvalue weighted by Crippen LogP contribution is -2.50. The maximum atomic E-state index is 12.4. The highest BCUT2D eigenvalue weighted by Crippen LogP contribution is 2.15. The van der Waals surface area contributed by atoms with Crippen LogP contribution in [0.3, 0.4) is 0 Å². The smallest absolute Gasteiger partial charge is 0.223 e. The van der Waals surface area contributed by atoms with Crippen LogP contribution in [0.25, 0.3) is 5.69 Å². The van der Waals surface area contributed by atoms with Crippen LogP contribution >= 0.6 is 0 Å². The van der Waals surface area contributed by atoms with Crippen LogP contribution in [0, 0.1) is 0 Å². The molecule has 0 aliphatic carbocycles. The number of aryl methyl sites for hydroxylation is 1. The van der Waals surface area contributed by atoms with E-state index in [2.05, 4.69) is 5.10 Å². The average Bonchev–Trinajstić information content (AvgIpc) is 3.05. The molecule has 2 atom stereocenters. The first kappa shape index (κ1) is 15.7. The molecule has 122 valence electrons. The average molecular weight is 313 g/mol. The number of hydrogen-bond acceptors (Lipinski definition) is 3. The van der Waals surface area contributed by atoms with Crippen LogP contribution in [0.5, 0.6) is 0 Å². The number of hydrogen-bond donors (Lipinski definition) is 0. The van der Waals surface area contributed by atoms with Crippen molar-refractivity contribution in [1.82, 2.24) is 14.7 Å². The Morgan fingerprint density at radius 1 is 1.30 bits per heavy atom. The molecule has 5 heteroatoms. The SMILES string of the molecule is CC1CN(C(=O)CCc2cnn(-c3ccccc3)c2)C(C)CO1. The number of ether oxygens (including phenoxy) is 1. The van der Waals surface area contributed by atoms with Crippen LogP contribution in [0.15, 0.2) is 42.7 Å². The lowest BCUT2D eigenvalue weighted by Gasteiger charge is -2.36. The predicted molar refractivity (Wildman–Crippen MR) is 88.5 cm³/mol. The molecule has 1 aromatic heterocycles. The van der Waals surface area contributed by atoms with Gasteiger partial charge in [0.05, 0.1) is 30.6 Å². The minimum absolute atomic E-state index is 0.121. The summed E-state index contributed by atoms with van der Waals surface area (Å²) in [5.41, 5.74) is 2.11. The third-order valence-electron chi connectivity index (χ3n) is 4.21. The first-order chi connectivity index (χ1) is 11.1. The van der Waals surface area contributed by atoms with E-state index in [0.717, 1.165) is 11.3 Å². The fraction of sp³-hybridized carbons (Fsp3) is 0.444.